The Hall–Kier alpha value is -2.30. The number of hydrogen-bond donors (Lipinski definition) is 1. The average Bonchev–Trinajstić information content (AvgIpc) is 3.23. The smallest absolute Gasteiger partial charge is 0.194 e. The maximum absolute atomic E-state index is 5.52. The molecule has 1 N–H and O–H groups in total. The lowest BCUT2D eigenvalue weighted by atomic mass is 10.2. The van der Waals surface area contributed by atoms with E-state index in [2.05, 4.69) is 55.5 Å². The zero-order chi connectivity index (χ0) is 20.5. The van der Waals surface area contributed by atoms with E-state index in [0.29, 0.717) is 13.1 Å². The average molecular weight is 525 g/mol. The molecule has 0 spiro atoms. The van der Waals surface area contributed by atoms with Crippen molar-refractivity contribution < 1.29 is 4.74 Å². The fourth-order valence-electron chi connectivity index (χ4n) is 3.48. The summed E-state index contributed by atoms with van der Waals surface area (Å²) >= 11 is 0. The molecule has 8 nitrogen and oxygen atoms in total. The number of piperazine rings is 1. The Labute approximate surface area is 196 Å². The van der Waals surface area contributed by atoms with Crippen LogP contribution in [0.5, 0.6) is 5.75 Å². The minimum absolute atomic E-state index is 0. The van der Waals surface area contributed by atoms with Gasteiger partial charge in [0.15, 0.2) is 5.96 Å². The van der Waals surface area contributed by atoms with Gasteiger partial charge in [0.2, 0.25) is 0 Å². The summed E-state index contributed by atoms with van der Waals surface area (Å²) in [5, 5.41) is 11.5. The number of aromatic nitrogens is 3. The van der Waals surface area contributed by atoms with Gasteiger partial charge in [0.25, 0.3) is 0 Å². The van der Waals surface area contributed by atoms with Crippen LogP contribution in [0.1, 0.15) is 12.7 Å². The van der Waals surface area contributed by atoms with Gasteiger partial charge in [-0.25, -0.2) is 0 Å². The van der Waals surface area contributed by atoms with Gasteiger partial charge >= 0.3 is 0 Å². The molecule has 0 atom stereocenters. The topological polar surface area (TPSA) is 70.8 Å². The van der Waals surface area contributed by atoms with Gasteiger partial charge in [0.1, 0.15) is 17.9 Å². The molecule has 1 aliphatic rings. The SMILES string of the molecule is C=CCNC(=NCCn1cnnc1CC)N1CCN(c2ccccc2OC)CC1.I. The van der Waals surface area contributed by atoms with E-state index >= 15 is 0 Å². The molecule has 1 aliphatic heterocycles. The number of rotatable bonds is 8. The van der Waals surface area contributed by atoms with E-state index in [1.54, 1.807) is 13.4 Å². The van der Waals surface area contributed by atoms with Crippen molar-refractivity contribution in [3.05, 3.63) is 49.1 Å². The highest BCUT2D eigenvalue weighted by Gasteiger charge is 2.21. The predicted octanol–water partition coefficient (Wildman–Crippen LogP) is 2.42. The molecule has 0 aliphatic carbocycles. The van der Waals surface area contributed by atoms with E-state index in [1.807, 2.05) is 18.2 Å². The molecule has 0 unspecified atom stereocenters. The number of para-hydroxylation sites is 2. The van der Waals surface area contributed by atoms with Crippen LogP contribution in [0.4, 0.5) is 5.69 Å². The van der Waals surface area contributed by atoms with Gasteiger partial charge < -0.3 is 24.4 Å². The Morgan fingerprint density at radius 2 is 2.03 bits per heavy atom. The summed E-state index contributed by atoms with van der Waals surface area (Å²) < 4.78 is 7.58. The lowest BCUT2D eigenvalue weighted by molar-refractivity contribution is 0.367. The monoisotopic (exact) mass is 525 g/mol. The van der Waals surface area contributed by atoms with Crippen LogP contribution in [0.2, 0.25) is 0 Å². The van der Waals surface area contributed by atoms with Gasteiger partial charge in [-0.2, -0.15) is 0 Å². The van der Waals surface area contributed by atoms with Crippen molar-refractivity contribution in [2.45, 2.75) is 19.9 Å². The first-order chi connectivity index (χ1) is 14.3. The number of benzene rings is 1. The minimum Gasteiger partial charge on any atom is -0.495 e. The standard InChI is InChI=1S/C21H31N7O.HI/c1-4-10-22-21(23-11-12-28-17-24-25-20(28)5-2)27-15-13-26(14-16-27)18-8-6-7-9-19(18)29-3;/h4,6-9,17H,1,5,10-16H2,2-3H3,(H,22,23);1H. The molecule has 0 saturated carbocycles. The van der Waals surface area contributed by atoms with Crippen molar-refractivity contribution in [1.29, 1.82) is 0 Å². The van der Waals surface area contributed by atoms with Crippen molar-refractivity contribution in [3.8, 4) is 5.75 Å². The van der Waals surface area contributed by atoms with E-state index in [-0.39, 0.29) is 24.0 Å². The fraction of sp³-hybridized carbons (Fsp3) is 0.476. The first-order valence-corrected chi connectivity index (χ1v) is 10.2. The third kappa shape index (κ3) is 6.10. The van der Waals surface area contributed by atoms with E-state index in [1.165, 1.54) is 0 Å². The zero-order valence-electron chi connectivity index (χ0n) is 17.8. The Bertz CT molecular complexity index is 815. The molecule has 0 amide bonds. The zero-order valence-corrected chi connectivity index (χ0v) is 20.2. The van der Waals surface area contributed by atoms with E-state index in [9.17, 15) is 0 Å². The third-order valence-corrected chi connectivity index (χ3v) is 5.02. The number of ether oxygens (including phenoxy) is 1. The van der Waals surface area contributed by atoms with Crippen molar-refractivity contribution >= 4 is 35.6 Å². The quantitative estimate of drug-likeness (QED) is 0.247. The van der Waals surface area contributed by atoms with Crippen molar-refractivity contribution in [3.63, 3.8) is 0 Å². The molecule has 3 rings (SSSR count). The number of guanidine groups is 1. The number of halogens is 1. The second kappa shape index (κ2) is 12.4. The highest BCUT2D eigenvalue weighted by Crippen LogP contribution is 2.28. The fourth-order valence-corrected chi connectivity index (χ4v) is 3.48. The van der Waals surface area contributed by atoms with Gasteiger partial charge in [-0.1, -0.05) is 25.1 Å². The highest BCUT2D eigenvalue weighted by atomic mass is 127. The van der Waals surface area contributed by atoms with Gasteiger partial charge in [-0.15, -0.1) is 40.8 Å². The number of nitrogens with zero attached hydrogens (tertiary/aromatic N) is 6. The van der Waals surface area contributed by atoms with Gasteiger partial charge in [0.05, 0.1) is 19.3 Å². The summed E-state index contributed by atoms with van der Waals surface area (Å²) in [7, 11) is 1.72. The van der Waals surface area contributed by atoms with E-state index in [0.717, 1.165) is 62.4 Å². The first kappa shape index (κ1) is 24.0. The number of aryl methyl sites for hydroxylation is 1. The van der Waals surface area contributed by atoms with E-state index < -0.39 is 0 Å². The molecule has 1 aromatic heterocycles. The maximum Gasteiger partial charge on any atom is 0.194 e. The molecule has 1 fully saturated rings. The van der Waals surface area contributed by atoms with Crippen LogP contribution < -0.4 is 15.0 Å². The lowest BCUT2D eigenvalue weighted by Crippen LogP contribution is -2.52. The van der Waals surface area contributed by atoms with Crippen LogP contribution in [-0.2, 0) is 13.0 Å². The summed E-state index contributed by atoms with van der Waals surface area (Å²) in [6.45, 7) is 11.7. The van der Waals surface area contributed by atoms with Crippen LogP contribution in [0.3, 0.4) is 0 Å². The minimum atomic E-state index is 0. The molecule has 30 heavy (non-hydrogen) atoms. The normalized spacial score (nSPS) is 14.3. The molecule has 2 heterocycles. The highest BCUT2D eigenvalue weighted by molar-refractivity contribution is 14.0. The summed E-state index contributed by atoms with van der Waals surface area (Å²) in [5.41, 5.74) is 1.15. The summed E-state index contributed by atoms with van der Waals surface area (Å²) in [6, 6.07) is 8.18. The Morgan fingerprint density at radius 3 is 2.73 bits per heavy atom. The maximum atomic E-state index is 5.52. The van der Waals surface area contributed by atoms with Gasteiger partial charge in [-0.05, 0) is 12.1 Å². The number of hydrogen-bond acceptors (Lipinski definition) is 5. The van der Waals surface area contributed by atoms with Crippen LogP contribution in [0.25, 0.3) is 0 Å². The summed E-state index contributed by atoms with van der Waals surface area (Å²) in [5.74, 6) is 2.84. The largest absolute Gasteiger partial charge is 0.495 e. The molecule has 0 radical (unpaired) electrons. The van der Waals surface area contributed by atoms with Crippen molar-refractivity contribution in [2.75, 3.05) is 51.3 Å². The van der Waals surface area contributed by atoms with Crippen LogP contribution >= 0.6 is 24.0 Å². The summed E-state index contributed by atoms with van der Waals surface area (Å²) in [6.07, 6.45) is 4.50. The second-order valence-electron chi connectivity index (χ2n) is 6.81. The van der Waals surface area contributed by atoms with Crippen LogP contribution in [0, 0.1) is 0 Å². The summed E-state index contributed by atoms with van der Waals surface area (Å²) in [4.78, 5) is 9.50. The number of aliphatic imine (C=N–C) groups is 1. The van der Waals surface area contributed by atoms with E-state index in [4.69, 9.17) is 9.73 Å². The third-order valence-electron chi connectivity index (χ3n) is 5.02. The van der Waals surface area contributed by atoms with Crippen LogP contribution in [0.15, 0.2) is 48.2 Å². The molecule has 164 valence electrons. The lowest BCUT2D eigenvalue weighted by Gasteiger charge is -2.38. The second-order valence-corrected chi connectivity index (χ2v) is 6.81. The van der Waals surface area contributed by atoms with Crippen LogP contribution in [-0.4, -0.2) is 72.0 Å². The molecule has 1 aromatic carbocycles. The van der Waals surface area contributed by atoms with Gasteiger partial charge in [-0.3, -0.25) is 4.99 Å². The molecule has 2 aromatic rings. The first-order valence-electron chi connectivity index (χ1n) is 10.2. The van der Waals surface area contributed by atoms with Crippen molar-refractivity contribution in [2.24, 2.45) is 4.99 Å². The number of nitrogens with one attached hydrogen (secondary N) is 1. The molecular weight excluding hydrogens is 493 g/mol. The number of methoxy groups -OCH3 is 1. The van der Waals surface area contributed by atoms with Gasteiger partial charge in [0, 0.05) is 45.7 Å². The Morgan fingerprint density at radius 1 is 1.27 bits per heavy atom. The molecule has 1 saturated heterocycles. The molecule has 9 heteroatoms. The number of anilines is 1. The predicted molar refractivity (Wildman–Crippen MR) is 132 cm³/mol. The molecular formula is C21H32IN7O. The Kier molecular flexibility index (Phi) is 9.92. The van der Waals surface area contributed by atoms with Crippen molar-refractivity contribution in [1.82, 2.24) is 25.0 Å². The Balaban J connectivity index is 0.00000320. The molecule has 0 bridgehead atoms.